The summed E-state index contributed by atoms with van der Waals surface area (Å²) in [7, 11) is 4.23. The molecule has 0 spiro atoms. The van der Waals surface area contributed by atoms with Crippen LogP contribution in [0.25, 0.3) is 0 Å². The van der Waals surface area contributed by atoms with Gasteiger partial charge in [-0.25, -0.2) is 0 Å². The number of rotatable bonds is 3. The van der Waals surface area contributed by atoms with Crippen molar-refractivity contribution in [2.45, 2.75) is 31.3 Å². The number of piperazine rings is 1. The molecule has 2 aliphatic heterocycles. The van der Waals surface area contributed by atoms with E-state index >= 15 is 0 Å². The number of hydrogen-bond donors (Lipinski definition) is 2. The summed E-state index contributed by atoms with van der Waals surface area (Å²) in [4.78, 5) is 16.6. The van der Waals surface area contributed by atoms with Crippen LogP contribution in [-0.4, -0.2) is 74.6 Å². The molecular formula is C13H26N4O. The molecule has 2 heterocycles. The zero-order valence-corrected chi connectivity index (χ0v) is 11.6. The molecule has 2 atom stereocenters. The second kappa shape index (κ2) is 6.50. The number of amides is 1. The van der Waals surface area contributed by atoms with Crippen LogP contribution in [0.5, 0.6) is 0 Å². The number of carbonyl (C=O) groups is 1. The molecule has 0 aromatic carbocycles. The summed E-state index contributed by atoms with van der Waals surface area (Å²) in [5, 5.41) is 6.59. The van der Waals surface area contributed by atoms with Crippen molar-refractivity contribution in [2.24, 2.45) is 0 Å². The van der Waals surface area contributed by atoms with Gasteiger partial charge in [-0.15, -0.1) is 0 Å². The normalized spacial score (nSPS) is 31.2. The van der Waals surface area contributed by atoms with E-state index in [1.54, 1.807) is 0 Å². The van der Waals surface area contributed by atoms with E-state index in [0.29, 0.717) is 18.5 Å². The van der Waals surface area contributed by atoms with Crippen LogP contribution in [0.2, 0.25) is 0 Å². The Labute approximate surface area is 110 Å². The highest BCUT2D eigenvalue weighted by molar-refractivity contribution is 5.77. The number of nitrogens with zero attached hydrogens (tertiary/aromatic N) is 2. The molecule has 2 unspecified atom stereocenters. The third-order valence-corrected chi connectivity index (χ3v) is 3.88. The monoisotopic (exact) mass is 254 g/mol. The summed E-state index contributed by atoms with van der Waals surface area (Å²) < 4.78 is 0. The van der Waals surface area contributed by atoms with E-state index in [-0.39, 0.29) is 5.91 Å². The summed E-state index contributed by atoms with van der Waals surface area (Å²) in [5.41, 5.74) is 0. The van der Waals surface area contributed by atoms with Crippen LogP contribution in [0.15, 0.2) is 0 Å². The number of likely N-dealkylation sites (tertiary alicyclic amines) is 1. The van der Waals surface area contributed by atoms with Crippen molar-refractivity contribution in [2.75, 3.05) is 46.8 Å². The van der Waals surface area contributed by atoms with Gasteiger partial charge < -0.3 is 20.4 Å². The van der Waals surface area contributed by atoms with Crippen molar-refractivity contribution in [3.05, 3.63) is 0 Å². The lowest BCUT2D eigenvalue weighted by molar-refractivity contribution is -0.122. The first-order valence-electron chi connectivity index (χ1n) is 7.03. The third-order valence-electron chi connectivity index (χ3n) is 3.88. The van der Waals surface area contributed by atoms with Gasteiger partial charge in [0.05, 0.1) is 0 Å². The fourth-order valence-electron chi connectivity index (χ4n) is 2.92. The van der Waals surface area contributed by atoms with Gasteiger partial charge in [-0.2, -0.15) is 0 Å². The largest absolute Gasteiger partial charge is 0.352 e. The van der Waals surface area contributed by atoms with Gasteiger partial charge in [-0.05, 0) is 33.5 Å². The molecule has 0 aromatic heterocycles. The standard InChI is InChI=1S/C13H26N4O/c1-16-6-3-4-11(9-16)15-13(18)8-12-10-17(2)7-5-14-12/h11-12,14H,3-10H2,1-2H3,(H,15,18). The molecule has 0 aromatic rings. The van der Waals surface area contributed by atoms with Crippen LogP contribution >= 0.6 is 0 Å². The fourth-order valence-corrected chi connectivity index (χ4v) is 2.92. The Hall–Kier alpha value is -0.650. The maximum absolute atomic E-state index is 12.0. The van der Waals surface area contributed by atoms with Crippen LogP contribution in [0.4, 0.5) is 0 Å². The lowest BCUT2D eigenvalue weighted by Crippen LogP contribution is -2.52. The third kappa shape index (κ3) is 4.23. The predicted octanol–water partition coefficient (Wildman–Crippen LogP) is -0.509. The summed E-state index contributed by atoms with van der Waals surface area (Å²) >= 11 is 0. The molecule has 0 aliphatic carbocycles. The summed E-state index contributed by atoms with van der Waals surface area (Å²) in [6.07, 6.45) is 2.91. The Morgan fingerprint density at radius 3 is 2.78 bits per heavy atom. The Bertz CT molecular complexity index is 258. The van der Waals surface area contributed by atoms with Gasteiger partial charge in [0.15, 0.2) is 0 Å². The van der Waals surface area contributed by atoms with Gasteiger partial charge in [0.2, 0.25) is 5.91 Å². The summed E-state index contributed by atoms with van der Waals surface area (Å²) in [5.74, 6) is 0.197. The molecule has 18 heavy (non-hydrogen) atoms. The second-order valence-corrected chi connectivity index (χ2v) is 5.79. The molecule has 0 bridgehead atoms. The Morgan fingerprint density at radius 2 is 2.06 bits per heavy atom. The molecule has 5 nitrogen and oxygen atoms in total. The van der Waals surface area contributed by atoms with Gasteiger partial charge in [0, 0.05) is 44.7 Å². The van der Waals surface area contributed by atoms with Crippen LogP contribution in [0.3, 0.4) is 0 Å². The second-order valence-electron chi connectivity index (χ2n) is 5.79. The lowest BCUT2D eigenvalue weighted by atomic mass is 10.1. The van der Waals surface area contributed by atoms with Crippen molar-refractivity contribution in [1.29, 1.82) is 0 Å². The topological polar surface area (TPSA) is 47.6 Å². The van der Waals surface area contributed by atoms with E-state index in [4.69, 9.17) is 0 Å². The number of carbonyl (C=O) groups excluding carboxylic acids is 1. The van der Waals surface area contributed by atoms with E-state index in [0.717, 1.165) is 39.1 Å². The van der Waals surface area contributed by atoms with Crippen LogP contribution in [-0.2, 0) is 4.79 Å². The molecule has 104 valence electrons. The van der Waals surface area contributed by atoms with Gasteiger partial charge in [-0.1, -0.05) is 0 Å². The predicted molar refractivity (Wildman–Crippen MR) is 72.6 cm³/mol. The van der Waals surface area contributed by atoms with Crippen molar-refractivity contribution in [3.63, 3.8) is 0 Å². The van der Waals surface area contributed by atoms with Crippen molar-refractivity contribution in [1.82, 2.24) is 20.4 Å². The average molecular weight is 254 g/mol. The number of hydrogen-bond acceptors (Lipinski definition) is 4. The molecule has 2 N–H and O–H groups in total. The quantitative estimate of drug-likeness (QED) is 0.712. The van der Waals surface area contributed by atoms with E-state index in [1.165, 1.54) is 6.42 Å². The highest BCUT2D eigenvalue weighted by Crippen LogP contribution is 2.08. The van der Waals surface area contributed by atoms with Crippen LogP contribution in [0, 0.1) is 0 Å². The lowest BCUT2D eigenvalue weighted by Gasteiger charge is -2.32. The first-order chi connectivity index (χ1) is 8.63. The van der Waals surface area contributed by atoms with Crippen LogP contribution in [0.1, 0.15) is 19.3 Å². The summed E-state index contributed by atoms with van der Waals surface area (Å²) in [6.45, 7) is 5.18. The van der Waals surface area contributed by atoms with Gasteiger partial charge in [0.1, 0.15) is 0 Å². The molecular weight excluding hydrogens is 228 g/mol. The summed E-state index contributed by atoms with van der Waals surface area (Å²) in [6, 6.07) is 0.655. The Kier molecular flexibility index (Phi) is 4.97. The SMILES string of the molecule is CN1CCNC(CC(=O)NC2CCCN(C)C2)C1. The van der Waals surface area contributed by atoms with Crippen molar-refractivity contribution < 1.29 is 4.79 Å². The molecule has 1 amide bonds. The highest BCUT2D eigenvalue weighted by Gasteiger charge is 2.22. The number of nitrogens with one attached hydrogen (secondary N) is 2. The number of piperidine rings is 1. The molecule has 2 aliphatic rings. The Balaban J connectivity index is 1.71. The first kappa shape index (κ1) is 13.8. The van der Waals surface area contributed by atoms with Gasteiger partial charge in [0.25, 0.3) is 0 Å². The smallest absolute Gasteiger partial charge is 0.221 e. The van der Waals surface area contributed by atoms with Gasteiger partial charge >= 0.3 is 0 Å². The maximum Gasteiger partial charge on any atom is 0.221 e. The molecule has 2 saturated heterocycles. The molecule has 0 saturated carbocycles. The minimum atomic E-state index is 0.197. The van der Waals surface area contributed by atoms with Gasteiger partial charge in [-0.3, -0.25) is 4.79 Å². The maximum atomic E-state index is 12.0. The molecule has 2 rings (SSSR count). The zero-order valence-electron chi connectivity index (χ0n) is 11.6. The van der Waals surface area contributed by atoms with E-state index < -0.39 is 0 Å². The average Bonchev–Trinajstić information content (AvgIpc) is 2.28. The Morgan fingerprint density at radius 1 is 1.28 bits per heavy atom. The van der Waals surface area contributed by atoms with Crippen molar-refractivity contribution in [3.8, 4) is 0 Å². The minimum absolute atomic E-state index is 0.197. The zero-order chi connectivity index (χ0) is 13.0. The van der Waals surface area contributed by atoms with E-state index in [9.17, 15) is 4.79 Å². The van der Waals surface area contributed by atoms with Crippen molar-refractivity contribution >= 4 is 5.91 Å². The van der Waals surface area contributed by atoms with E-state index in [2.05, 4.69) is 34.5 Å². The molecule has 5 heteroatoms. The first-order valence-corrected chi connectivity index (χ1v) is 7.03. The number of likely N-dealkylation sites (N-methyl/N-ethyl adjacent to an activating group) is 2. The van der Waals surface area contributed by atoms with E-state index in [1.807, 2.05) is 0 Å². The molecule has 2 fully saturated rings. The highest BCUT2D eigenvalue weighted by atomic mass is 16.1. The minimum Gasteiger partial charge on any atom is -0.352 e. The fraction of sp³-hybridized carbons (Fsp3) is 0.923. The molecule has 0 radical (unpaired) electrons. The van der Waals surface area contributed by atoms with Crippen LogP contribution < -0.4 is 10.6 Å².